The van der Waals surface area contributed by atoms with E-state index in [1.807, 2.05) is 16.5 Å². The first-order valence-corrected chi connectivity index (χ1v) is 7.33. The van der Waals surface area contributed by atoms with Gasteiger partial charge in [-0.2, -0.15) is 0 Å². The number of fused-ring (bicyclic) bond motifs is 1. The molecule has 2 heterocycles. The van der Waals surface area contributed by atoms with Crippen molar-refractivity contribution in [2.24, 2.45) is 5.92 Å². The van der Waals surface area contributed by atoms with E-state index in [4.69, 9.17) is 11.6 Å². The SMILES string of the molecule is CCCC(CC)CC(O)c1cc(Cl)cc2cncn12. The van der Waals surface area contributed by atoms with Crippen LogP contribution < -0.4 is 0 Å². The summed E-state index contributed by atoms with van der Waals surface area (Å²) in [5, 5.41) is 11.1. The first kappa shape index (κ1) is 14.4. The predicted octanol–water partition coefficient (Wildman–Crippen LogP) is 4.24. The van der Waals surface area contributed by atoms with E-state index in [0.717, 1.165) is 36.9 Å². The number of pyridine rings is 1. The molecule has 0 aromatic carbocycles. The fourth-order valence-electron chi connectivity index (χ4n) is 2.61. The Hall–Kier alpha value is -1.06. The van der Waals surface area contributed by atoms with Gasteiger partial charge in [-0.1, -0.05) is 44.7 Å². The van der Waals surface area contributed by atoms with Crippen LogP contribution in [-0.2, 0) is 0 Å². The van der Waals surface area contributed by atoms with Crippen LogP contribution in [0.4, 0.5) is 0 Å². The summed E-state index contributed by atoms with van der Waals surface area (Å²) in [5.74, 6) is 0.553. The molecule has 0 fully saturated rings. The third kappa shape index (κ3) is 3.28. The Bertz CT molecular complexity index is 538. The van der Waals surface area contributed by atoms with E-state index in [0.29, 0.717) is 10.9 Å². The van der Waals surface area contributed by atoms with Crippen LogP contribution >= 0.6 is 11.6 Å². The molecule has 2 aromatic heterocycles. The van der Waals surface area contributed by atoms with Crippen LogP contribution in [-0.4, -0.2) is 14.5 Å². The highest BCUT2D eigenvalue weighted by Gasteiger charge is 2.17. The van der Waals surface area contributed by atoms with Gasteiger partial charge in [-0.15, -0.1) is 0 Å². The second-order valence-electron chi connectivity index (χ2n) is 5.10. The van der Waals surface area contributed by atoms with Crippen LogP contribution in [0.1, 0.15) is 51.3 Å². The second kappa shape index (κ2) is 6.40. The van der Waals surface area contributed by atoms with Gasteiger partial charge in [0.1, 0.15) is 0 Å². The molecule has 0 spiro atoms. The van der Waals surface area contributed by atoms with Crippen LogP contribution in [0.25, 0.3) is 5.52 Å². The minimum Gasteiger partial charge on any atom is -0.387 e. The molecule has 2 atom stereocenters. The summed E-state index contributed by atoms with van der Waals surface area (Å²) in [5.41, 5.74) is 1.75. The monoisotopic (exact) mass is 280 g/mol. The van der Waals surface area contributed by atoms with E-state index in [1.54, 1.807) is 12.5 Å². The molecule has 1 N–H and O–H groups in total. The minimum absolute atomic E-state index is 0.494. The first-order chi connectivity index (χ1) is 9.15. The van der Waals surface area contributed by atoms with Crippen LogP contribution in [0.15, 0.2) is 24.7 Å². The van der Waals surface area contributed by atoms with Gasteiger partial charge >= 0.3 is 0 Å². The van der Waals surface area contributed by atoms with E-state index in [-0.39, 0.29) is 0 Å². The van der Waals surface area contributed by atoms with Crippen LogP contribution in [0, 0.1) is 5.92 Å². The maximum Gasteiger partial charge on any atom is 0.0995 e. The molecule has 19 heavy (non-hydrogen) atoms. The van der Waals surface area contributed by atoms with Crippen LogP contribution in [0.2, 0.25) is 5.02 Å². The topological polar surface area (TPSA) is 37.5 Å². The zero-order chi connectivity index (χ0) is 13.8. The quantitative estimate of drug-likeness (QED) is 0.859. The average molecular weight is 281 g/mol. The molecule has 0 saturated carbocycles. The third-order valence-corrected chi connectivity index (χ3v) is 3.91. The number of imidazole rings is 1. The summed E-state index contributed by atoms with van der Waals surface area (Å²) in [6.07, 6.45) is 7.17. The van der Waals surface area contributed by atoms with Crippen molar-refractivity contribution in [3.8, 4) is 0 Å². The summed E-state index contributed by atoms with van der Waals surface area (Å²) in [6, 6.07) is 3.69. The Labute approximate surface area is 119 Å². The van der Waals surface area contributed by atoms with Gasteiger partial charge in [0.15, 0.2) is 0 Å². The maximum atomic E-state index is 10.5. The normalized spacial score (nSPS) is 14.7. The summed E-state index contributed by atoms with van der Waals surface area (Å²) in [4.78, 5) is 4.11. The van der Waals surface area contributed by atoms with E-state index in [1.165, 1.54) is 0 Å². The molecule has 0 bridgehead atoms. The predicted molar refractivity (Wildman–Crippen MR) is 78.5 cm³/mol. The fourth-order valence-corrected chi connectivity index (χ4v) is 2.84. The highest BCUT2D eigenvalue weighted by molar-refractivity contribution is 6.31. The highest BCUT2D eigenvalue weighted by Crippen LogP contribution is 2.28. The van der Waals surface area contributed by atoms with Gasteiger partial charge in [-0.3, -0.25) is 0 Å². The number of nitrogens with zero attached hydrogens (tertiary/aromatic N) is 2. The summed E-state index contributed by atoms with van der Waals surface area (Å²) < 4.78 is 1.91. The number of hydrogen-bond acceptors (Lipinski definition) is 2. The summed E-state index contributed by atoms with van der Waals surface area (Å²) in [7, 11) is 0. The maximum absolute atomic E-state index is 10.5. The molecule has 4 heteroatoms. The zero-order valence-electron chi connectivity index (χ0n) is 11.5. The van der Waals surface area contributed by atoms with Crippen LogP contribution in [0.5, 0.6) is 0 Å². The van der Waals surface area contributed by atoms with E-state index >= 15 is 0 Å². The van der Waals surface area contributed by atoms with E-state index in [2.05, 4.69) is 18.8 Å². The lowest BCUT2D eigenvalue weighted by atomic mass is 9.93. The van der Waals surface area contributed by atoms with Gasteiger partial charge in [0, 0.05) is 5.02 Å². The van der Waals surface area contributed by atoms with Gasteiger partial charge in [-0.05, 0) is 24.5 Å². The van der Waals surface area contributed by atoms with Crippen molar-refractivity contribution in [3.63, 3.8) is 0 Å². The number of hydrogen-bond donors (Lipinski definition) is 1. The van der Waals surface area contributed by atoms with Gasteiger partial charge in [0.05, 0.1) is 29.8 Å². The lowest BCUT2D eigenvalue weighted by Crippen LogP contribution is -2.10. The van der Waals surface area contributed by atoms with Gasteiger partial charge in [-0.25, -0.2) is 4.98 Å². The Morgan fingerprint density at radius 2 is 2.16 bits per heavy atom. The molecule has 3 nitrogen and oxygen atoms in total. The largest absolute Gasteiger partial charge is 0.387 e. The molecule has 0 saturated heterocycles. The Balaban J connectivity index is 2.25. The summed E-state index contributed by atoms with van der Waals surface area (Å²) in [6.45, 7) is 4.36. The molecular weight excluding hydrogens is 260 g/mol. The number of aromatic nitrogens is 2. The van der Waals surface area contributed by atoms with Crippen molar-refractivity contribution in [1.29, 1.82) is 0 Å². The van der Waals surface area contributed by atoms with Crippen molar-refractivity contribution in [3.05, 3.63) is 35.4 Å². The Kier molecular flexibility index (Phi) is 4.83. The van der Waals surface area contributed by atoms with Gasteiger partial charge in [0.25, 0.3) is 0 Å². The van der Waals surface area contributed by atoms with E-state index < -0.39 is 6.10 Å². The number of rotatable bonds is 6. The number of aliphatic hydroxyl groups excluding tert-OH is 1. The number of halogens is 1. The summed E-state index contributed by atoms with van der Waals surface area (Å²) >= 11 is 6.10. The molecule has 2 rings (SSSR count). The second-order valence-corrected chi connectivity index (χ2v) is 5.54. The molecule has 2 aromatic rings. The molecule has 0 aliphatic rings. The Morgan fingerprint density at radius 1 is 1.37 bits per heavy atom. The van der Waals surface area contributed by atoms with Crippen molar-refractivity contribution in [2.75, 3.05) is 0 Å². The molecule has 0 radical (unpaired) electrons. The van der Waals surface area contributed by atoms with Crippen molar-refractivity contribution in [2.45, 2.75) is 45.6 Å². The smallest absolute Gasteiger partial charge is 0.0995 e. The molecule has 2 unspecified atom stereocenters. The standard InChI is InChI=1S/C15H21ClN2O/c1-3-5-11(4-2)6-15(19)14-8-12(16)7-13-9-17-10-18(13)14/h7-11,15,19H,3-6H2,1-2H3. The Morgan fingerprint density at radius 3 is 2.84 bits per heavy atom. The minimum atomic E-state index is -0.494. The average Bonchev–Trinajstić information content (AvgIpc) is 2.84. The van der Waals surface area contributed by atoms with Gasteiger partial charge in [0.2, 0.25) is 0 Å². The first-order valence-electron chi connectivity index (χ1n) is 6.95. The molecular formula is C15H21ClN2O. The fraction of sp³-hybridized carbons (Fsp3) is 0.533. The van der Waals surface area contributed by atoms with Crippen molar-refractivity contribution >= 4 is 17.1 Å². The molecule has 0 amide bonds. The molecule has 0 aliphatic heterocycles. The van der Waals surface area contributed by atoms with Gasteiger partial charge < -0.3 is 9.51 Å². The zero-order valence-corrected chi connectivity index (χ0v) is 12.3. The third-order valence-electron chi connectivity index (χ3n) is 3.69. The number of aliphatic hydroxyl groups is 1. The lowest BCUT2D eigenvalue weighted by molar-refractivity contribution is 0.134. The van der Waals surface area contributed by atoms with Crippen LogP contribution in [0.3, 0.4) is 0 Å². The molecule has 0 aliphatic carbocycles. The van der Waals surface area contributed by atoms with Crippen molar-refractivity contribution < 1.29 is 5.11 Å². The highest BCUT2D eigenvalue weighted by atomic mass is 35.5. The molecule has 104 valence electrons. The lowest BCUT2D eigenvalue weighted by Gasteiger charge is -2.19. The van der Waals surface area contributed by atoms with Crippen molar-refractivity contribution in [1.82, 2.24) is 9.38 Å². The van der Waals surface area contributed by atoms with E-state index in [9.17, 15) is 5.11 Å².